The molecule has 0 aromatic heterocycles. The Bertz CT molecular complexity index is 1350. The van der Waals surface area contributed by atoms with Crippen molar-refractivity contribution < 1.29 is 22.8 Å². The van der Waals surface area contributed by atoms with E-state index in [2.05, 4.69) is 16.0 Å². The van der Waals surface area contributed by atoms with Gasteiger partial charge < -0.3 is 16.0 Å². The smallest absolute Gasteiger partial charge is 0.376 e. The Morgan fingerprint density at radius 2 is 1.41 bits per heavy atom. The molecule has 4 aromatic carbocycles. The molecule has 0 aliphatic carbocycles. The summed E-state index contributed by atoms with van der Waals surface area (Å²) in [5, 5.41) is 10.3. The molecule has 5 nitrogen and oxygen atoms in total. The Hall–Kier alpha value is -4.33. The molecule has 0 aliphatic rings. The zero-order valence-corrected chi connectivity index (χ0v) is 17.8. The van der Waals surface area contributed by atoms with E-state index < -0.39 is 17.6 Å². The molecule has 0 bridgehead atoms. The second kappa shape index (κ2) is 9.66. The average Bonchev–Trinajstić information content (AvgIpc) is 2.82. The van der Waals surface area contributed by atoms with Crippen LogP contribution in [-0.4, -0.2) is 18.4 Å². The Kier molecular flexibility index (Phi) is 6.49. The summed E-state index contributed by atoms with van der Waals surface area (Å²) in [5.74, 6) is -0.910. The quantitative estimate of drug-likeness (QED) is 0.321. The summed E-state index contributed by atoms with van der Waals surface area (Å²) >= 11 is 0. The zero-order chi connectivity index (χ0) is 24.1. The van der Waals surface area contributed by atoms with Gasteiger partial charge in [0, 0.05) is 28.0 Å². The van der Waals surface area contributed by atoms with Crippen LogP contribution in [0.4, 0.5) is 30.2 Å². The molecule has 2 amide bonds. The molecule has 0 radical (unpaired) electrons. The Morgan fingerprint density at radius 3 is 2.21 bits per heavy atom. The van der Waals surface area contributed by atoms with Crippen molar-refractivity contribution in [3.05, 3.63) is 102 Å². The number of amides is 2. The lowest BCUT2D eigenvalue weighted by molar-refractivity contribution is -0.137. The first-order chi connectivity index (χ1) is 16.3. The number of rotatable bonds is 6. The minimum Gasteiger partial charge on any atom is -0.376 e. The van der Waals surface area contributed by atoms with E-state index in [1.54, 1.807) is 12.1 Å². The third kappa shape index (κ3) is 5.53. The summed E-state index contributed by atoms with van der Waals surface area (Å²) < 4.78 is 38.7. The number of alkyl halides is 3. The van der Waals surface area contributed by atoms with E-state index in [-0.39, 0.29) is 23.7 Å². The lowest BCUT2D eigenvalue weighted by Gasteiger charge is -2.12. The van der Waals surface area contributed by atoms with E-state index in [0.717, 1.165) is 28.6 Å². The number of benzene rings is 4. The van der Waals surface area contributed by atoms with Gasteiger partial charge >= 0.3 is 6.18 Å². The van der Waals surface area contributed by atoms with Crippen LogP contribution in [0.5, 0.6) is 0 Å². The number of carbonyl (C=O) groups is 2. The fourth-order valence-corrected chi connectivity index (χ4v) is 3.47. The van der Waals surface area contributed by atoms with Crippen molar-refractivity contribution in [2.45, 2.75) is 6.18 Å². The topological polar surface area (TPSA) is 70.2 Å². The maximum absolute atomic E-state index is 12.9. The van der Waals surface area contributed by atoms with E-state index in [9.17, 15) is 22.8 Å². The van der Waals surface area contributed by atoms with Crippen LogP contribution in [0.3, 0.4) is 0 Å². The summed E-state index contributed by atoms with van der Waals surface area (Å²) in [4.78, 5) is 25.0. The SMILES string of the molecule is O=C(CNc1cccc2ccccc12)Nc1cccc(C(=O)Nc2cccc(C(F)(F)F)c2)c1. The first-order valence-corrected chi connectivity index (χ1v) is 10.4. The number of anilines is 3. The first kappa shape index (κ1) is 22.8. The van der Waals surface area contributed by atoms with Crippen LogP contribution >= 0.6 is 0 Å². The number of hydrogen-bond acceptors (Lipinski definition) is 3. The van der Waals surface area contributed by atoms with Gasteiger partial charge in [0.1, 0.15) is 0 Å². The van der Waals surface area contributed by atoms with Crippen molar-refractivity contribution in [2.24, 2.45) is 0 Å². The summed E-state index contributed by atoms with van der Waals surface area (Å²) in [6.45, 7) is 0.00860. The maximum atomic E-state index is 12.9. The second-order valence-electron chi connectivity index (χ2n) is 7.54. The van der Waals surface area contributed by atoms with Crippen molar-refractivity contribution in [3.63, 3.8) is 0 Å². The van der Waals surface area contributed by atoms with Gasteiger partial charge in [0.2, 0.25) is 5.91 Å². The van der Waals surface area contributed by atoms with Gasteiger partial charge in [-0.2, -0.15) is 13.2 Å². The zero-order valence-electron chi connectivity index (χ0n) is 17.8. The highest BCUT2D eigenvalue weighted by Crippen LogP contribution is 2.30. The van der Waals surface area contributed by atoms with Crippen LogP contribution in [-0.2, 0) is 11.0 Å². The van der Waals surface area contributed by atoms with Crippen molar-refractivity contribution in [1.29, 1.82) is 0 Å². The summed E-state index contributed by atoms with van der Waals surface area (Å²) in [6, 6.07) is 24.1. The predicted molar refractivity (Wildman–Crippen MR) is 127 cm³/mol. The molecule has 0 aliphatic heterocycles. The molecule has 0 saturated heterocycles. The lowest BCUT2D eigenvalue weighted by Crippen LogP contribution is -2.22. The fourth-order valence-electron chi connectivity index (χ4n) is 3.47. The van der Waals surface area contributed by atoms with Crippen molar-refractivity contribution in [3.8, 4) is 0 Å². The Morgan fingerprint density at radius 1 is 0.735 bits per heavy atom. The molecule has 0 unspecified atom stereocenters. The molecule has 34 heavy (non-hydrogen) atoms. The molecule has 172 valence electrons. The van der Waals surface area contributed by atoms with Crippen molar-refractivity contribution >= 4 is 39.6 Å². The molecule has 0 spiro atoms. The minimum atomic E-state index is -4.51. The van der Waals surface area contributed by atoms with Crippen LogP contribution in [0.15, 0.2) is 91.0 Å². The highest BCUT2D eigenvalue weighted by atomic mass is 19.4. The van der Waals surface area contributed by atoms with Gasteiger partial charge in [-0.1, -0.05) is 48.5 Å². The van der Waals surface area contributed by atoms with E-state index >= 15 is 0 Å². The number of nitrogens with one attached hydrogen (secondary N) is 3. The van der Waals surface area contributed by atoms with Gasteiger partial charge in [0.15, 0.2) is 0 Å². The van der Waals surface area contributed by atoms with Gasteiger partial charge in [-0.15, -0.1) is 0 Å². The molecule has 8 heteroatoms. The first-order valence-electron chi connectivity index (χ1n) is 10.4. The van der Waals surface area contributed by atoms with Gasteiger partial charge in [0.05, 0.1) is 12.1 Å². The average molecular weight is 463 g/mol. The molecular formula is C26H20F3N3O2. The molecule has 0 heterocycles. The Balaban J connectivity index is 1.39. The summed E-state index contributed by atoms with van der Waals surface area (Å²) in [6.07, 6.45) is -4.51. The van der Waals surface area contributed by atoms with E-state index in [1.165, 1.54) is 24.3 Å². The van der Waals surface area contributed by atoms with Crippen molar-refractivity contribution in [2.75, 3.05) is 22.5 Å². The fraction of sp³-hybridized carbons (Fsp3) is 0.0769. The number of carbonyl (C=O) groups excluding carboxylic acids is 2. The highest BCUT2D eigenvalue weighted by Gasteiger charge is 2.30. The number of hydrogen-bond donors (Lipinski definition) is 3. The highest BCUT2D eigenvalue weighted by molar-refractivity contribution is 6.05. The molecular weight excluding hydrogens is 443 g/mol. The van der Waals surface area contributed by atoms with Crippen LogP contribution in [0.1, 0.15) is 15.9 Å². The minimum absolute atomic E-state index is 0.00860. The third-order valence-corrected chi connectivity index (χ3v) is 5.09. The van der Waals surface area contributed by atoms with Crippen molar-refractivity contribution in [1.82, 2.24) is 0 Å². The molecule has 3 N–H and O–H groups in total. The molecule has 0 saturated carbocycles. The third-order valence-electron chi connectivity index (χ3n) is 5.09. The van der Waals surface area contributed by atoms with Crippen LogP contribution in [0.25, 0.3) is 10.8 Å². The summed E-state index contributed by atoms with van der Waals surface area (Å²) in [5.41, 5.74) is 0.569. The lowest BCUT2D eigenvalue weighted by atomic mass is 10.1. The summed E-state index contributed by atoms with van der Waals surface area (Å²) in [7, 11) is 0. The monoisotopic (exact) mass is 463 g/mol. The van der Waals surface area contributed by atoms with Crippen LogP contribution in [0.2, 0.25) is 0 Å². The van der Waals surface area contributed by atoms with E-state index in [1.807, 2.05) is 42.5 Å². The maximum Gasteiger partial charge on any atom is 0.416 e. The second-order valence-corrected chi connectivity index (χ2v) is 7.54. The largest absolute Gasteiger partial charge is 0.416 e. The number of fused-ring (bicyclic) bond motifs is 1. The molecule has 4 rings (SSSR count). The molecule has 0 fully saturated rings. The van der Waals surface area contributed by atoms with Crippen LogP contribution in [0, 0.1) is 0 Å². The van der Waals surface area contributed by atoms with Gasteiger partial charge in [-0.05, 0) is 47.9 Å². The van der Waals surface area contributed by atoms with Gasteiger partial charge in [-0.25, -0.2) is 0 Å². The standard InChI is InChI=1S/C26H20F3N3O2/c27-26(28,29)19-9-5-11-21(15-19)32-25(34)18-8-3-10-20(14-18)31-24(33)16-30-23-13-4-7-17-6-1-2-12-22(17)23/h1-15,30H,16H2,(H,31,33)(H,32,34). The Labute approximate surface area is 193 Å². The predicted octanol–water partition coefficient (Wildman–Crippen LogP) is 6.16. The van der Waals surface area contributed by atoms with Gasteiger partial charge in [-0.3, -0.25) is 9.59 Å². The van der Waals surface area contributed by atoms with E-state index in [0.29, 0.717) is 5.69 Å². The molecule has 0 atom stereocenters. The normalized spacial score (nSPS) is 11.1. The van der Waals surface area contributed by atoms with Gasteiger partial charge in [0.25, 0.3) is 5.91 Å². The molecule has 4 aromatic rings. The van der Waals surface area contributed by atoms with E-state index in [4.69, 9.17) is 0 Å². The van der Waals surface area contributed by atoms with Crippen LogP contribution < -0.4 is 16.0 Å². The number of halogens is 3.